The Balaban J connectivity index is 1.66. The van der Waals surface area contributed by atoms with Crippen LogP contribution in [0.2, 0.25) is 0 Å². The third-order valence-electron chi connectivity index (χ3n) is 5.23. The molecule has 1 N–H and O–H groups in total. The molecule has 1 fully saturated rings. The van der Waals surface area contributed by atoms with Crippen LogP contribution in [0.5, 0.6) is 0 Å². The van der Waals surface area contributed by atoms with Crippen molar-refractivity contribution in [3.63, 3.8) is 0 Å². The van der Waals surface area contributed by atoms with Crippen molar-refractivity contribution < 1.29 is 14.6 Å². The first kappa shape index (κ1) is 19.1. The maximum absolute atomic E-state index is 12.9. The van der Waals surface area contributed by atoms with Crippen molar-refractivity contribution in [2.75, 3.05) is 26.8 Å². The van der Waals surface area contributed by atoms with Crippen LogP contribution in [0.1, 0.15) is 39.4 Å². The number of hydrogen-bond donors (Lipinski definition) is 1. The fourth-order valence-corrected chi connectivity index (χ4v) is 4.66. The van der Waals surface area contributed by atoms with Crippen LogP contribution < -0.4 is 0 Å². The number of nitrogens with zero attached hydrogens (tertiary/aromatic N) is 1. The molecule has 26 heavy (non-hydrogen) atoms. The van der Waals surface area contributed by atoms with Crippen LogP contribution in [0.25, 0.3) is 0 Å². The number of methoxy groups -OCH3 is 1. The summed E-state index contributed by atoms with van der Waals surface area (Å²) in [7, 11) is 1.66. The normalized spacial score (nSPS) is 20.3. The minimum absolute atomic E-state index is 0.0783. The van der Waals surface area contributed by atoms with E-state index in [-0.39, 0.29) is 17.9 Å². The second kappa shape index (κ2) is 8.80. The largest absolute Gasteiger partial charge is 0.396 e. The number of aliphatic hydroxyl groups is 1. The van der Waals surface area contributed by atoms with Gasteiger partial charge in [0, 0.05) is 30.5 Å². The van der Waals surface area contributed by atoms with Crippen molar-refractivity contribution in [2.24, 2.45) is 5.41 Å². The van der Waals surface area contributed by atoms with Gasteiger partial charge in [0.1, 0.15) is 0 Å². The van der Waals surface area contributed by atoms with E-state index in [0.29, 0.717) is 13.2 Å². The Morgan fingerprint density at radius 3 is 2.81 bits per heavy atom. The summed E-state index contributed by atoms with van der Waals surface area (Å²) in [6.45, 7) is 2.06. The highest BCUT2D eigenvalue weighted by atomic mass is 32.1. The highest BCUT2D eigenvalue weighted by Crippen LogP contribution is 2.35. The minimum Gasteiger partial charge on any atom is -0.396 e. The fraction of sp³-hybridized carbons (Fsp3) is 0.476. The van der Waals surface area contributed by atoms with Gasteiger partial charge < -0.3 is 14.7 Å². The van der Waals surface area contributed by atoms with Crippen molar-refractivity contribution in [1.82, 2.24) is 4.90 Å². The average Bonchev–Trinajstić information content (AvgIpc) is 3.16. The molecule has 1 atom stereocenters. The molecule has 0 bridgehead atoms. The molecule has 0 unspecified atom stereocenters. The van der Waals surface area contributed by atoms with Crippen LogP contribution >= 0.6 is 11.3 Å². The number of amides is 1. The summed E-state index contributed by atoms with van der Waals surface area (Å²) in [4.78, 5) is 16.7. The van der Waals surface area contributed by atoms with Crippen LogP contribution in [0.3, 0.4) is 0 Å². The maximum atomic E-state index is 12.9. The summed E-state index contributed by atoms with van der Waals surface area (Å²) < 4.78 is 5.14. The average molecular weight is 374 g/mol. The molecule has 140 valence electrons. The van der Waals surface area contributed by atoms with Crippen LogP contribution in [0.15, 0.2) is 42.5 Å². The minimum atomic E-state index is -0.198. The van der Waals surface area contributed by atoms with E-state index in [1.165, 1.54) is 16.9 Å². The van der Waals surface area contributed by atoms with E-state index in [1.54, 1.807) is 7.11 Å². The highest BCUT2D eigenvalue weighted by Gasteiger charge is 2.36. The number of piperidine rings is 1. The second-order valence-corrected chi connectivity index (χ2v) is 8.34. The van der Waals surface area contributed by atoms with Gasteiger partial charge in [0.15, 0.2) is 0 Å². The quantitative estimate of drug-likeness (QED) is 0.804. The smallest absolute Gasteiger partial charge is 0.263 e. The van der Waals surface area contributed by atoms with Crippen LogP contribution in [0.4, 0.5) is 0 Å². The highest BCUT2D eigenvalue weighted by molar-refractivity contribution is 7.14. The molecule has 1 aliphatic heterocycles. The number of carbonyl (C=O) groups excluding carboxylic acids is 1. The summed E-state index contributed by atoms with van der Waals surface area (Å²) in [6.07, 6.45) is 3.74. The van der Waals surface area contributed by atoms with Crippen molar-refractivity contribution in [3.8, 4) is 0 Å². The van der Waals surface area contributed by atoms with Crippen molar-refractivity contribution in [3.05, 3.63) is 57.8 Å². The van der Waals surface area contributed by atoms with Crippen LogP contribution in [-0.2, 0) is 17.8 Å². The lowest BCUT2D eigenvalue weighted by Gasteiger charge is -2.42. The third kappa shape index (κ3) is 4.53. The first-order valence-electron chi connectivity index (χ1n) is 9.17. The first-order valence-corrected chi connectivity index (χ1v) is 9.99. The Kier molecular flexibility index (Phi) is 6.46. The lowest BCUT2D eigenvalue weighted by atomic mass is 9.76. The molecule has 1 saturated heterocycles. The van der Waals surface area contributed by atoms with Gasteiger partial charge in [-0.1, -0.05) is 30.3 Å². The van der Waals surface area contributed by atoms with E-state index >= 15 is 0 Å². The van der Waals surface area contributed by atoms with Gasteiger partial charge in [-0.2, -0.15) is 0 Å². The molecule has 1 amide bonds. The molecule has 4 nitrogen and oxygen atoms in total. The van der Waals surface area contributed by atoms with Crippen LogP contribution in [0, 0.1) is 5.41 Å². The zero-order valence-electron chi connectivity index (χ0n) is 15.3. The Morgan fingerprint density at radius 2 is 2.08 bits per heavy atom. The lowest BCUT2D eigenvalue weighted by Crippen LogP contribution is -2.48. The van der Waals surface area contributed by atoms with Gasteiger partial charge in [-0.3, -0.25) is 4.79 Å². The van der Waals surface area contributed by atoms with Crippen LogP contribution in [-0.4, -0.2) is 42.7 Å². The monoisotopic (exact) mass is 373 g/mol. The molecule has 0 spiro atoms. The fourth-order valence-electron chi connectivity index (χ4n) is 3.72. The number of likely N-dealkylation sites (tertiary alicyclic amines) is 1. The van der Waals surface area contributed by atoms with Gasteiger partial charge in [-0.05, 0) is 43.4 Å². The van der Waals surface area contributed by atoms with Gasteiger partial charge >= 0.3 is 0 Å². The number of thiophene rings is 1. The third-order valence-corrected chi connectivity index (χ3v) is 6.28. The van der Waals surface area contributed by atoms with E-state index in [1.807, 2.05) is 35.2 Å². The number of aliphatic hydroxyl groups excluding tert-OH is 1. The molecule has 1 aliphatic rings. The second-order valence-electron chi connectivity index (χ2n) is 7.17. The van der Waals surface area contributed by atoms with E-state index in [9.17, 15) is 9.90 Å². The molecule has 1 aromatic heterocycles. The number of benzene rings is 1. The number of aryl methyl sites for hydroxylation is 1. The van der Waals surface area contributed by atoms with Gasteiger partial charge in [0.05, 0.1) is 18.1 Å². The van der Waals surface area contributed by atoms with E-state index in [4.69, 9.17) is 4.74 Å². The topological polar surface area (TPSA) is 49.8 Å². The predicted molar refractivity (Wildman–Crippen MR) is 104 cm³/mol. The number of rotatable bonds is 7. The zero-order valence-corrected chi connectivity index (χ0v) is 16.1. The molecule has 0 aliphatic carbocycles. The molecule has 2 aromatic rings. The Hall–Kier alpha value is -1.69. The molecular formula is C21H27NO3S. The van der Waals surface area contributed by atoms with Gasteiger partial charge in [0.25, 0.3) is 5.91 Å². The number of hydrogen-bond acceptors (Lipinski definition) is 4. The summed E-state index contributed by atoms with van der Waals surface area (Å²) in [6, 6.07) is 14.2. The molecular weight excluding hydrogens is 346 g/mol. The Labute approximate surface area is 159 Å². The lowest BCUT2D eigenvalue weighted by molar-refractivity contribution is 0.0231. The van der Waals surface area contributed by atoms with E-state index < -0.39 is 0 Å². The SMILES string of the molecule is COCc1ccc(C(=O)N2CCC[C@@](CO)(CCc3ccccc3)C2)s1. The predicted octanol–water partition coefficient (Wildman–Crippen LogP) is 3.74. The van der Waals surface area contributed by atoms with Crippen molar-refractivity contribution >= 4 is 17.2 Å². The summed E-state index contributed by atoms with van der Waals surface area (Å²) in [5.74, 6) is 0.0783. The number of carbonyl (C=O) groups is 1. The molecule has 5 heteroatoms. The van der Waals surface area contributed by atoms with E-state index in [2.05, 4.69) is 12.1 Å². The summed E-state index contributed by atoms with van der Waals surface area (Å²) in [5, 5.41) is 10.1. The van der Waals surface area contributed by atoms with Gasteiger partial charge in [0.2, 0.25) is 0 Å². The first-order chi connectivity index (χ1) is 12.7. The van der Waals surface area contributed by atoms with Gasteiger partial charge in [-0.25, -0.2) is 0 Å². The summed E-state index contributed by atoms with van der Waals surface area (Å²) >= 11 is 1.50. The zero-order chi connectivity index (χ0) is 18.4. The van der Waals surface area contributed by atoms with Crippen molar-refractivity contribution in [1.29, 1.82) is 0 Å². The molecule has 1 aromatic carbocycles. The van der Waals surface area contributed by atoms with E-state index in [0.717, 1.165) is 42.0 Å². The Bertz CT molecular complexity index is 715. The molecule has 3 rings (SSSR count). The Morgan fingerprint density at radius 1 is 1.27 bits per heavy atom. The standard InChI is InChI=1S/C21H27NO3S/c1-25-14-18-8-9-19(26-18)20(24)22-13-5-11-21(15-22,16-23)12-10-17-6-3-2-4-7-17/h2-4,6-9,23H,5,10-16H2,1H3/t21-/m1/s1. The molecule has 0 radical (unpaired) electrons. The summed E-state index contributed by atoms with van der Waals surface area (Å²) in [5.41, 5.74) is 1.09. The molecule has 0 saturated carbocycles. The van der Waals surface area contributed by atoms with Gasteiger partial charge in [-0.15, -0.1) is 11.3 Å². The maximum Gasteiger partial charge on any atom is 0.263 e. The molecule has 2 heterocycles. The number of ether oxygens (including phenoxy) is 1. The van der Waals surface area contributed by atoms with Crippen molar-refractivity contribution in [2.45, 2.75) is 32.3 Å².